The molecule has 0 bridgehead atoms. The van der Waals surface area contributed by atoms with Crippen LogP contribution in [0.15, 0.2) is 63.7 Å². The molecule has 4 N–H and O–H groups in total. The Morgan fingerprint density at radius 2 is 1.74 bits per heavy atom. The maximum atomic E-state index is 12.8. The van der Waals surface area contributed by atoms with Gasteiger partial charge in [-0.05, 0) is 23.8 Å². The molecule has 4 rings (SSSR count). The highest BCUT2D eigenvalue weighted by molar-refractivity contribution is 6.31. The van der Waals surface area contributed by atoms with Crippen LogP contribution in [0.4, 0.5) is 11.5 Å². The first kappa shape index (κ1) is 20.0. The van der Waals surface area contributed by atoms with Gasteiger partial charge in [0.15, 0.2) is 0 Å². The zero-order valence-electron chi connectivity index (χ0n) is 15.8. The summed E-state index contributed by atoms with van der Waals surface area (Å²) < 4.78 is 1.13. The molecule has 1 amide bonds. The number of nitrogens with zero attached hydrogens (tertiary/aromatic N) is 2. The van der Waals surface area contributed by atoms with E-state index in [0.717, 1.165) is 4.57 Å². The molecule has 1 aliphatic heterocycles. The number of carbonyl (C=O) groups is 1. The van der Waals surface area contributed by atoms with Crippen molar-refractivity contribution < 1.29 is 9.90 Å². The quantitative estimate of drug-likeness (QED) is 0.497. The van der Waals surface area contributed by atoms with Gasteiger partial charge in [-0.15, -0.1) is 0 Å². The van der Waals surface area contributed by atoms with Crippen LogP contribution in [0.2, 0.25) is 5.02 Å². The molecule has 0 saturated carbocycles. The van der Waals surface area contributed by atoms with Crippen LogP contribution in [-0.4, -0.2) is 20.6 Å². The molecule has 1 aliphatic rings. The van der Waals surface area contributed by atoms with E-state index in [1.807, 2.05) is 0 Å². The van der Waals surface area contributed by atoms with Crippen molar-refractivity contribution in [3.63, 3.8) is 0 Å². The summed E-state index contributed by atoms with van der Waals surface area (Å²) in [6, 6.07) is 14.6. The number of H-pyrrole nitrogens is 1. The minimum absolute atomic E-state index is 0.0482. The molecular formula is C21H14ClN5O4. The summed E-state index contributed by atoms with van der Waals surface area (Å²) in [4.78, 5) is 40.2. The number of aromatic nitrogens is 2. The lowest BCUT2D eigenvalue weighted by Gasteiger charge is -2.16. The van der Waals surface area contributed by atoms with Gasteiger partial charge in [0, 0.05) is 10.6 Å². The van der Waals surface area contributed by atoms with E-state index in [4.69, 9.17) is 11.6 Å². The van der Waals surface area contributed by atoms with Gasteiger partial charge in [0.1, 0.15) is 28.9 Å². The van der Waals surface area contributed by atoms with Gasteiger partial charge in [-0.25, -0.2) is 4.79 Å². The van der Waals surface area contributed by atoms with Crippen molar-refractivity contribution in [2.75, 3.05) is 10.6 Å². The number of benzene rings is 2. The Morgan fingerprint density at radius 1 is 1.03 bits per heavy atom. The molecule has 0 radical (unpaired) electrons. The normalized spacial score (nSPS) is 13.0. The molecule has 2 heterocycles. The number of hydrogen-bond acceptors (Lipinski definition) is 6. The average Bonchev–Trinajstić information content (AvgIpc) is 2.89. The van der Waals surface area contributed by atoms with Crippen molar-refractivity contribution in [2.24, 2.45) is 0 Å². The molecular weight excluding hydrogens is 422 g/mol. The van der Waals surface area contributed by atoms with Crippen LogP contribution in [0, 0.1) is 11.3 Å². The molecule has 10 heteroatoms. The summed E-state index contributed by atoms with van der Waals surface area (Å²) in [6.07, 6.45) is 0. The Kier molecular flexibility index (Phi) is 5.07. The standard InChI is InChI=1S/C21H14ClN5O4/c22-14-7-3-1-5-11(14)10-27-18-17(20(30)26-21(27)31)24-16(13(9-23)19(29)25-18)12-6-2-4-8-15(12)28/h1-8,24,28H,10H2,(H,25,29)(H,26,30,31). The number of halogens is 1. The third-order valence-corrected chi connectivity index (χ3v) is 5.10. The molecule has 0 spiro atoms. The second kappa shape index (κ2) is 7.85. The van der Waals surface area contributed by atoms with Crippen molar-refractivity contribution in [1.82, 2.24) is 9.55 Å². The van der Waals surface area contributed by atoms with Crippen LogP contribution in [0.5, 0.6) is 5.75 Å². The van der Waals surface area contributed by atoms with Crippen LogP contribution >= 0.6 is 11.6 Å². The Labute approximate surface area is 179 Å². The fourth-order valence-corrected chi connectivity index (χ4v) is 3.43. The minimum atomic E-state index is -0.843. The minimum Gasteiger partial charge on any atom is -0.507 e. The highest BCUT2D eigenvalue weighted by Gasteiger charge is 2.28. The first-order chi connectivity index (χ1) is 14.9. The Hall–Kier alpha value is -4.29. The number of fused-ring (bicyclic) bond motifs is 1. The number of anilines is 2. The number of nitriles is 1. The topological polar surface area (TPSA) is 140 Å². The predicted molar refractivity (Wildman–Crippen MR) is 115 cm³/mol. The summed E-state index contributed by atoms with van der Waals surface area (Å²) >= 11 is 6.20. The number of rotatable bonds is 3. The number of hydrogen-bond donors (Lipinski definition) is 4. The van der Waals surface area contributed by atoms with Gasteiger partial charge >= 0.3 is 5.69 Å². The van der Waals surface area contributed by atoms with Gasteiger partial charge in [0.25, 0.3) is 11.5 Å². The van der Waals surface area contributed by atoms with Gasteiger partial charge in [-0.3, -0.25) is 19.1 Å². The number of aromatic amines is 1. The second-order valence-electron chi connectivity index (χ2n) is 6.62. The molecule has 1 aromatic heterocycles. The molecule has 31 heavy (non-hydrogen) atoms. The lowest BCUT2D eigenvalue weighted by atomic mass is 10.1. The molecule has 0 saturated heterocycles. The SMILES string of the molecule is N#CC1=C(c2ccccc2O)Nc2c(n(Cc3ccccc3Cl)c(=O)[nH]c2=O)NC1=O. The summed E-state index contributed by atoms with van der Waals surface area (Å²) in [5.41, 5.74) is -1.44. The number of aromatic hydroxyl groups is 1. The van der Waals surface area contributed by atoms with E-state index in [1.165, 1.54) is 12.1 Å². The molecule has 0 fully saturated rings. The average molecular weight is 436 g/mol. The first-order valence-corrected chi connectivity index (χ1v) is 9.40. The van der Waals surface area contributed by atoms with Crippen LogP contribution < -0.4 is 21.9 Å². The molecule has 154 valence electrons. The predicted octanol–water partition coefficient (Wildman–Crippen LogP) is 2.24. The number of phenolic OH excluding ortho intramolecular Hbond substituents is 1. The third-order valence-electron chi connectivity index (χ3n) is 4.73. The number of amides is 1. The fraction of sp³-hybridized carbons (Fsp3) is 0.0476. The Balaban J connectivity index is 1.93. The third kappa shape index (κ3) is 3.56. The first-order valence-electron chi connectivity index (χ1n) is 9.02. The maximum Gasteiger partial charge on any atom is 0.330 e. The van der Waals surface area contributed by atoms with Gasteiger partial charge in [-0.2, -0.15) is 5.26 Å². The summed E-state index contributed by atoms with van der Waals surface area (Å²) in [5.74, 6) is -1.17. The molecule has 0 aliphatic carbocycles. The smallest absolute Gasteiger partial charge is 0.330 e. The number of para-hydroxylation sites is 1. The van der Waals surface area contributed by atoms with Crippen LogP contribution in [0.25, 0.3) is 5.70 Å². The van der Waals surface area contributed by atoms with Crippen LogP contribution in [-0.2, 0) is 11.3 Å². The van der Waals surface area contributed by atoms with E-state index in [9.17, 15) is 24.8 Å². The van der Waals surface area contributed by atoms with Crippen molar-refractivity contribution in [1.29, 1.82) is 5.26 Å². The fourth-order valence-electron chi connectivity index (χ4n) is 3.23. The van der Waals surface area contributed by atoms with E-state index in [2.05, 4.69) is 15.6 Å². The van der Waals surface area contributed by atoms with Crippen molar-refractivity contribution >= 4 is 34.7 Å². The van der Waals surface area contributed by atoms with E-state index in [-0.39, 0.29) is 40.6 Å². The van der Waals surface area contributed by atoms with Gasteiger partial charge in [-0.1, -0.05) is 41.9 Å². The summed E-state index contributed by atoms with van der Waals surface area (Å²) in [7, 11) is 0. The summed E-state index contributed by atoms with van der Waals surface area (Å²) in [6.45, 7) is -0.0482. The number of nitrogens with one attached hydrogen (secondary N) is 3. The highest BCUT2D eigenvalue weighted by Crippen LogP contribution is 2.32. The molecule has 9 nitrogen and oxygen atoms in total. The molecule has 2 aromatic carbocycles. The Morgan fingerprint density at radius 3 is 2.45 bits per heavy atom. The monoisotopic (exact) mass is 435 g/mol. The molecule has 3 aromatic rings. The van der Waals surface area contributed by atoms with E-state index in [1.54, 1.807) is 42.5 Å². The van der Waals surface area contributed by atoms with Crippen molar-refractivity contribution in [3.8, 4) is 11.8 Å². The van der Waals surface area contributed by atoms with Gasteiger partial charge in [0.2, 0.25) is 0 Å². The molecule has 0 unspecified atom stereocenters. The van der Waals surface area contributed by atoms with E-state index < -0.39 is 17.2 Å². The number of phenols is 1. The zero-order chi connectivity index (χ0) is 22.1. The van der Waals surface area contributed by atoms with Crippen LogP contribution in [0.1, 0.15) is 11.1 Å². The van der Waals surface area contributed by atoms with Gasteiger partial charge < -0.3 is 15.7 Å². The van der Waals surface area contributed by atoms with Crippen LogP contribution in [0.3, 0.4) is 0 Å². The van der Waals surface area contributed by atoms with Gasteiger partial charge in [0.05, 0.1) is 12.2 Å². The number of carbonyl (C=O) groups excluding carboxylic acids is 1. The van der Waals surface area contributed by atoms with Crippen molar-refractivity contribution in [3.05, 3.63) is 91.1 Å². The Bertz CT molecular complexity index is 1410. The lowest BCUT2D eigenvalue weighted by Crippen LogP contribution is -2.34. The summed E-state index contributed by atoms with van der Waals surface area (Å²) in [5, 5.41) is 25.4. The molecule has 0 atom stereocenters. The van der Waals surface area contributed by atoms with E-state index >= 15 is 0 Å². The second-order valence-corrected chi connectivity index (χ2v) is 7.03. The highest BCUT2D eigenvalue weighted by atomic mass is 35.5. The lowest BCUT2D eigenvalue weighted by molar-refractivity contribution is -0.112. The largest absolute Gasteiger partial charge is 0.507 e. The van der Waals surface area contributed by atoms with E-state index in [0.29, 0.717) is 10.6 Å². The maximum absolute atomic E-state index is 12.8. The zero-order valence-corrected chi connectivity index (χ0v) is 16.5. The van der Waals surface area contributed by atoms with Crippen molar-refractivity contribution in [2.45, 2.75) is 6.54 Å².